The fourth-order valence-electron chi connectivity index (χ4n) is 4.66. The molecule has 1 aromatic heterocycles. The van der Waals surface area contributed by atoms with E-state index in [1.54, 1.807) is 35.6 Å². The van der Waals surface area contributed by atoms with Gasteiger partial charge in [0.1, 0.15) is 5.69 Å². The van der Waals surface area contributed by atoms with Crippen LogP contribution in [0.1, 0.15) is 37.8 Å². The van der Waals surface area contributed by atoms with Crippen molar-refractivity contribution in [2.45, 2.75) is 26.3 Å². The Hall–Kier alpha value is -2.70. The van der Waals surface area contributed by atoms with E-state index in [0.29, 0.717) is 34.7 Å². The molecule has 7 heteroatoms. The predicted octanol–water partition coefficient (Wildman–Crippen LogP) is 4.97. The van der Waals surface area contributed by atoms with E-state index in [0.717, 1.165) is 34.0 Å². The highest BCUT2D eigenvalue weighted by Crippen LogP contribution is 2.50. The Labute approximate surface area is 196 Å². The van der Waals surface area contributed by atoms with Crippen molar-refractivity contribution in [3.63, 3.8) is 0 Å². The number of hydrogen-bond acceptors (Lipinski definition) is 4. The molecule has 0 spiro atoms. The minimum Gasteiger partial charge on any atom is -0.350 e. The number of benzene rings is 2. The minimum absolute atomic E-state index is 0.00360. The number of thiazole rings is 1. The van der Waals surface area contributed by atoms with E-state index in [1.165, 1.54) is 0 Å². The molecule has 0 bridgehead atoms. The molecule has 3 aromatic rings. The van der Waals surface area contributed by atoms with Gasteiger partial charge >= 0.3 is 0 Å². The van der Waals surface area contributed by atoms with Crippen molar-refractivity contribution in [3.8, 4) is 10.4 Å². The van der Waals surface area contributed by atoms with Crippen LogP contribution in [0.5, 0.6) is 0 Å². The molecule has 5 nitrogen and oxygen atoms in total. The van der Waals surface area contributed by atoms with Gasteiger partial charge in [-0.25, -0.2) is 4.98 Å². The van der Waals surface area contributed by atoms with Crippen molar-refractivity contribution in [2.75, 3.05) is 13.1 Å². The van der Waals surface area contributed by atoms with Gasteiger partial charge in [0.25, 0.3) is 11.8 Å². The monoisotopic (exact) mass is 465 g/mol. The van der Waals surface area contributed by atoms with Crippen LogP contribution < -0.4 is 5.32 Å². The zero-order valence-electron chi connectivity index (χ0n) is 18.0. The molecule has 2 amide bonds. The van der Waals surface area contributed by atoms with Crippen molar-refractivity contribution >= 4 is 34.8 Å². The van der Waals surface area contributed by atoms with E-state index < -0.39 is 0 Å². The summed E-state index contributed by atoms with van der Waals surface area (Å²) in [5.41, 5.74) is 3.26. The first-order valence-electron chi connectivity index (χ1n) is 10.8. The highest BCUT2D eigenvalue weighted by Gasteiger charge is 2.54. The molecule has 164 valence electrons. The number of aryl methyl sites for hydroxylation is 2. The van der Waals surface area contributed by atoms with Gasteiger partial charge in [-0.2, -0.15) is 0 Å². The van der Waals surface area contributed by atoms with Gasteiger partial charge in [0, 0.05) is 23.7 Å². The Kier molecular flexibility index (Phi) is 5.51. The largest absolute Gasteiger partial charge is 0.350 e. The third-order valence-corrected chi connectivity index (χ3v) is 7.63. The van der Waals surface area contributed by atoms with Crippen LogP contribution in [0.3, 0.4) is 0 Å². The van der Waals surface area contributed by atoms with Crippen LogP contribution in [-0.4, -0.2) is 40.8 Å². The third-order valence-electron chi connectivity index (χ3n) is 6.36. The second-order valence-electron chi connectivity index (χ2n) is 8.68. The molecule has 0 radical (unpaired) electrons. The van der Waals surface area contributed by atoms with Gasteiger partial charge in [-0.3, -0.25) is 9.59 Å². The number of rotatable bonds is 5. The molecule has 1 N–H and O–H groups in total. The first kappa shape index (κ1) is 21.2. The number of amides is 2. The lowest BCUT2D eigenvalue weighted by atomic mass is 10.1. The predicted molar refractivity (Wildman–Crippen MR) is 127 cm³/mol. The number of halogens is 1. The van der Waals surface area contributed by atoms with E-state index in [4.69, 9.17) is 11.6 Å². The van der Waals surface area contributed by atoms with E-state index in [-0.39, 0.29) is 17.9 Å². The number of carbonyl (C=O) groups excluding carboxylic acids is 2. The second-order valence-corrected chi connectivity index (χ2v) is 10.3. The lowest BCUT2D eigenvalue weighted by molar-refractivity contribution is 0.0690. The Morgan fingerprint density at radius 3 is 2.72 bits per heavy atom. The van der Waals surface area contributed by atoms with Crippen LogP contribution >= 0.6 is 22.9 Å². The molecule has 3 atom stereocenters. The lowest BCUT2D eigenvalue weighted by Crippen LogP contribution is -2.45. The summed E-state index contributed by atoms with van der Waals surface area (Å²) in [4.78, 5) is 33.7. The molecule has 2 aromatic carbocycles. The number of aromatic nitrogens is 1. The number of nitrogens with one attached hydrogen (secondary N) is 1. The molecule has 2 aliphatic rings. The highest BCUT2D eigenvalue weighted by molar-refractivity contribution is 7.15. The number of fused-ring (bicyclic) bond motifs is 1. The maximum atomic E-state index is 13.6. The molecule has 2 heterocycles. The van der Waals surface area contributed by atoms with Gasteiger partial charge in [-0.05, 0) is 61.9 Å². The zero-order chi connectivity index (χ0) is 22.4. The Morgan fingerprint density at radius 2 is 1.97 bits per heavy atom. The minimum atomic E-state index is -0.150. The van der Waals surface area contributed by atoms with E-state index in [2.05, 4.69) is 16.4 Å². The van der Waals surface area contributed by atoms with Crippen molar-refractivity contribution in [3.05, 3.63) is 75.4 Å². The summed E-state index contributed by atoms with van der Waals surface area (Å²) in [6, 6.07) is 15.0. The first-order chi connectivity index (χ1) is 15.4. The summed E-state index contributed by atoms with van der Waals surface area (Å²) in [5.74, 6) is 0.789. The van der Waals surface area contributed by atoms with Crippen molar-refractivity contribution in [1.82, 2.24) is 15.2 Å². The first-order valence-corrected chi connectivity index (χ1v) is 12.0. The van der Waals surface area contributed by atoms with Crippen LogP contribution in [0.15, 0.2) is 48.5 Å². The van der Waals surface area contributed by atoms with E-state index >= 15 is 0 Å². The third kappa shape index (κ3) is 4.05. The van der Waals surface area contributed by atoms with Crippen molar-refractivity contribution < 1.29 is 9.59 Å². The lowest BCUT2D eigenvalue weighted by Gasteiger charge is -2.27. The van der Waals surface area contributed by atoms with Crippen molar-refractivity contribution in [2.24, 2.45) is 11.8 Å². The van der Waals surface area contributed by atoms with Crippen LogP contribution in [0.4, 0.5) is 0 Å². The Balaban J connectivity index is 1.35. The zero-order valence-corrected chi connectivity index (χ0v) is 19.5. The molecule has 5 rings (SSSR count). The molecule has 1 saturated carbocycles. The number of carbonyl (C=O) groups is 2. The number of piperidine rings is 1. The standard InChI is InChI=1S/C25H24ClN3O2S/c1-14-4-3-5-17(10-14)23-22(28-15(2)32-23)25(31)29-13-18-11-20(18)21(29)12-27-24(30)16-6-8-19(26)9-7-16/h3-10,18,20-21H,11-13H2,1-2H3,(H,27,30)/t18-,20?,21+/m0/s1. The number of hydrogen-bond donors (Lipinski definition) is 1. The van der Waals surface area contributed by atoms with Gasteiger partial charge in [-0.1, -0.05) is 41.4 Å². The Bertz CT molecular complexity index is 1190. The van der Waals surface area contributed by atoms with Crippen LogP contribution in [0.25, 0.3) is 10.4 Å². The fraction of sp³-hybridized carbons (Fsp3) is 0.320. The van der Waals surface area contributed by atoms with Gasteiger partial charge in [0.05, 0.1) is 15.9 Å². The fourth-order valence-corrected chi connectivity index (χ4v) is 5.69. The SMILES string of the molecule is Cc1cccc(-c2sc(C)nc2C(=O)N2C[C@@H]3CC3[C@H]2CNC(=O)c2ccc(Cl)cc2)c1. The maximum Gasteiger partial charge on any atom is 0.274 e. The number of likely N-dealkylation sites (tertiary alicyclic amines) is 1. The maximum absolute atomic E-state index is 13.6. The average molecular weight is 466 g/mol. The van der Waals surface area contributed by atoms with Gasteiger partial charge in [0.15, 0.2) is 0 Å². The smallest absolute Gasteiger partial charge is 0.274 e. The summed E-state index contributed by atoms with van der Waals surface area (Å²) >= 11 is 7.47. The normalized spacial score (nSPS) is 21.3. The van der Waals surface area contributed by atoms with E-state index in [9.17, 15) is 9.59 Å². The molecule has 1 aliphatic heterocycles. The van der Waals surface area contributed by atoms with Gasteiger partial charge in [0.2, 0.25) is 0 Å². The average Bonchev–Trinajstić information content (AvgIpc) is 3.29. The molecular formula is C25H24ClN3O2S. The summed E-state index contributed by atoms with van der Waals surface area (Å²) in [6.07, 6.45) is 1.12. The molecule has 2 fully saturated rings. The summed E-state index contributed by atoms with van der Waals surface area (Å²) < 4.78 is 0. The van der Waals surface area contributed by atoms with Crippen molar-refractivity contribution in [1.29, 1.82) is 0 Å². The quantitative estimate of drug-likeness (QED) is 0.578. The van der Waals surface area contributed by atoms with Gasteiger partial charge < -0.3 is 10.2 Å². The van der Waals surface area contributed by atoms with Gasteiger partial charge in [-0.15, -0.1) is 11.3 Å². The summed E-state index contributed by atoms with van der Waals surface area (Å²) in [6.45, 7) is 5.16. The Morgan fingerprint density at radius 1 is 1.19 bits per heavy atom. The van der Waals surface area contributed by atoms with E-state index in [1.807, 2.05) is 36.9 Å². The second kappa shape index (κ2) is 8.34. The highest BCUT2D eigenvalue weighted by atomic mass is 35.5. The molecule has 1 aliphatic carbocycles. The van der Waals surface area contributed by atoms with Crippen LogP contribution in [-0.2, 0) is 0 Å². The molecule has 1 unspecified atom stereocenters. The molecular weight excluding hydrogens is 442 g/mol. The molecule has 32 heavy (non-hydrogen) atoms. The van der Waals surface area contributed by atoms with Crippen LogP contribution in [0.2, 0.25) is 5.02 Å². The molecule has 1 saturated heterocycles. The topological polar surface area (TPSA) is 62.3 Å². The summed E-state index contributed by atoms with van der Waals surface area (Å²) in [5, 5.41) is 4.49. The van der Waals surface area contributed by atoms with Crippen LogP contribution in [0, 0.1) is 25.7 Å². The summed E-state index contributed by atoms with van der Waals surface area (Å²) in [7, 11) is 0. The number of nitrogens with zero attached hydrogens (tertiary/aromatic N) is 2.